The lowest BCUT2D eigenvalue weighted by Gasteiger charge is -2.22. The number of H-pyrrole nitrogens is 1. The lowest BCUT2D eigenvalue weighted by molar-refractivity contribution is 0.0247. The first kappa shape index (κ1) is 13.9. The van der Waals surface area contributed by atoms with Crippen LogP contribution in [0.15, 0.2) is 9.59 Å². The molecule has 0 aliphatic carbocycles. The van der Waals surface area contributed by atoms with Gasteiger partial charge in [0, 0.05) is 27.2 Å². The molecule has 2 aromatic rings. The van der Waals surface area contributed by atoms with Crippen LogP contribution in [0.4, 0.5) is 5.95 Å². The Hall–Kier alpha value is -2.09. The number of hydrogen-bond acceptors (Lipinski definition) is 5. The summed E-state index contributed by atoms with van der Waals surface area (Å²) in [6.07, 6.45) is 3.47. The number of aryl methyl sites for hydroxylation is 1. The smallest absolute Gasteiger partial charge is 0.332 e. The van der Waals surface area contributed by atoms with Crippen LogP contribution in [0.5, 0.6) is 0 Å². The standard InChI is InChI=1S/C13H19N5O3/c1-17-10-9(11(19)18(2)13(17)20)15-12(16-10)14-7-8-5-3-4-6-21-8/h8H,3-7H2,1-2H3,(H2,14,15,16). The van der Waals surface area contributed by atoms with Crippen LogP contribution in [-0.4, -0.2) is 38.4 Å². The highest BCUT2D eigenvalue weighted by molar-refractivity contribution is 5.72. The Morgan fingerprint density at radius 3 is 2.86 bits per heavy atom. The van der Waals surface area contributed by atoms with E-state index >= 15 is 0 Å². The van der Waals surface area contributed by atoms with Crippen LogP contribution in [-0.2, 0) is 18.8 Å². The van der Waals surface area contributed by atoms with E-state index in [4.69, 9.17) is 4.74 Å². The summed E-state index contributed by atoms with van der Waals surface area (Å²) in [5, 5.41) is 3.14. The first-order valence-electron chi connectivity index (χ1n) is 7.09. The summed E-state index contributed by atoms with van der Waals surface area (Å²) in [5.41, 5.74) is -0.0782. The molecule has 8 nitrogen and oxygen atoms in total. The van der Waals surface area contributed by atoms with Gasteiger partial charge in [0.25, 0.3) is 5.56 Å². The minimum Gasteiger partial charge on any atom is -0.376 e. The summed E-state index contributed by atoms with van der Waals surface area (Å²) in [5.74, 6) is 0.484. The van der Waals surface area contributed by atoms with Gasteiger partial charge >= 0.3 is 5.69 Å². The van der Waals surface area contributed by atoms with Crippen LogP contribution in [0.3, 0.4) is 0 Å². The summed E-state index contributed by atoms with van der Waals surface area (Å²) < 4.78 is 8.05. The van der Waals surface area contributed by atoms with E-state index in [1.807, 2.05) is 0 Å². The molecule has 0 saturated carbocycles. The average Bonchev–Trinajstić information content (AvgIpc) is 2.94. The molecule has 2 aromatic heterocycles. The van der Waals surface area contributed by atoms with E-state index in [0.29, 0.717) is 23.7 Å². The van der Waals surface area contributed by atoms with E-state index in [2.05, 4.69) is 15.3 Å². The lowest BCUT2D eigenvalue weighted by Crippen LogP contribution is -2.36. The molecule has 0 aromatic carbocycles. The van der Waals surface area contributed by atoms with E-state index in [1.54, 1.807) is 7.05 Å². The molecule has 0 spiro atoms. The van der Waals surface area contributed by atoms with Crippen LogP contribution in [0.1, 0.15) is 19.3 Å². The van der Waals surface area contributed by atoms with Gasteiger partial charge in [0.1, 0.15) is 0 Å². The average molecular weight is 293 g/mol. The fourth-order valence-electron chi connectivity index (χ4n) is 2.59. The number of imidazole rings is 1. The zero-order chi connectivity index (χ0) is 15.0. The highest BCUT2D eigenvalue weighted by Gasteiger charge is 2.16. The second kappa shape index (κ2) is 5.36. The molecule has 1 fully saturated rings. The van der Waals surface area contributed by atoms with Gasteiger partial charge in [-0.1, -0.05) is 0 Å². The largest absolute Gasteiger partial charge is 0.376 e. The van der Waals surface area contributed by atoms with E-state index in [9.17, 15) is 9.59 Å². The summed E-state index contributed by atoms with van der Waals surface area (Å²) in [6, 6.07) is 0. The Morgan fingerprint density at radius 2 is 2.14 bits per heavy atom. The van der Waals surface area contributed by atoms with Gasteiger partial charge in [0.05, 0.1) is 6.10 Å². The number of nitrogens with one attached hydrogen (secondary N) is 2. The van der Waals surface area contributed by atoms with Crippen molar-refractivity contribution in [3.8, 4) is 0 Å². The van der Waals surface area contributed by atoms with Crippen molar-refractivity contribution in [1.29, 1.82) is 0 Å². The fourth-order valence-corrected chi connectivity index (χ4v) is 2.59. The van der Waals surface area contributed by atoms with Crippen molar-refractivity contribution < 1.29 is 4.74 Å². The van der Waals surface area contributed by atoms with Crippen molar-refractivity contribution >= 4 is 17.1 Å². The summed E-state index contributed by atoms with van der Waals surface area (Å²) in [7, 11) is 3.05. The zero-order valence-electron chi connectivity index (χ0n) is 12.2. The quantitative estimate of drug-likeness (QED) is 0.827. The lowest BCUT2D eigenvalue weighted by atomic mass is 10.1. The molecule has 1 aliphatic heterocycles. The van der Waals surface area contributed by atoms with Gasteiger partial charge in [-0.2, -0.15) is 4.98 Å². The molecule has 3 rings (SSSR count). The summed E-state index contributed by atoms with van der Waals surface area (Å²) in [4.78, 5) is 31.1. The highest BCUT2D eigenvalue weighted by atomic mass is 16.5. The molecule has 1 saturated heterocycles. The Bertz CT molecular complexity index is 766. The molecule has 1 unspecified atom stereocenters. The second-order valence-corrected chi connectivity index (χ2v) is 5.36. The third kappa shape index (κ3) is 2.46. The number of aromatic nitrogens is 4. The third-order valence-corrected chi connectivity index (χ3v) is 3.87. The van der Waals surface area contributed by atoms with Crippen molar-refractivity contribution in [2.75, 3.05) is 18.5 Å². The third-order valence-electron chi connectivity index (χ3n) is 3.87. The summed E-state index contributed by atoms with van der Waals surface area (Å²) in [6.45, 7) is 1.43. The molecule has 1 aliphatic rings. The second-order valence-electron chi connectivity index (χ2n) is 5.36. The minimum atomic E-state index is -0.388. The number of hydrogen-bond donors (Lipinski definition) is 2. The van der Waals surface area contributed by atoms with Crippen LogP contribution < -0.4 is 16.6 Å². The van der Waals surface area contributed by atoms with Gasteiger partial charge in [-0.15, -0.1) is 0 Å². The van der Waals surface area contributed by atoms with Crippen molar-refractivity contribution in [2.24, 2.45) is 14.1 Å². The minimum absolute atomic E-state index is 0.165. The Balaban J connectivity index is 1.87. The van der Waals surface area contributed by atoms with Crippen LogP contribution in [0.2, 0.25) is 0 Å². The first-order chi connectivity index (χ1) is 10.1. The van der Waals surface area contributed by atoms with Gasteiger partial charge in [-0.3, -0.25) is 13.9 Å². The number of ether oxygens (including phenoxy) is 1. The number of aromatic amines is 1. The molecule has 2 N–H and O–H groups in total. The van der Waals surface area contributed by atoms with Crippen molar-refractivity contribution in [2.45, 2.75) is 25.4 Å². The SMILES string of the molecule is Cn1c(=O)c2[nH]c(NCC3CCCCO3)nc2n(C)c1=O. The fraction of sp³-hybridized carbons (Fsp3) is 0.615. The number of rotatable bonds is 3. The molecule has 1 atom stereocenters. The van der Waals surface area contributed by atoms with Crippen molar-refractivity contribution in [3.63, 3.8) is 0 Å². The molecular formula is C13H19N5O3. The maximum atomic E-state index is 12.0. The van der Waals surface area contributed by atoms with Crippen molar-refractivity contribution in [3.05, 3.63) is 20.8 Å². The number of fused-ring (bicyclic) bond motifs is 1. The molecular weight excluding hydrogens is 274 g/mol. The predicted octanol–water partition coefficient (Wildman–Crippen LogP) is -0.0587. The topological polar surface area (TPSA) is 93.9 Å². The number of anilines is 1. The maximum Gasteiger partial charge on any atom is 0.332 e. The predicted molar refractivity (Wildman–Crippen MR) is 78.7 cm³/mol. The van der Waals surface area contributed by atoms with E-state index in [0.717, 1.165) is 24.0 Å². The van der Waals surface area contributed by atoms with Crippen LogP contribution in [0.25, 0.3) is 11.2 Å². The highest BCUT2D eigenvalue weighted by Crippen LogP contribution is 2.14. The number of nitrogens with zero attached hydrogens (tertiary/aromatic N) is 3. The first-order valence-corrected chi connectivity index (χ1v) is 7.09. The van der Waals surface area contributed by atoms with E-state index < -0.39 is 0 Å². The molecule has 114 valence electrons. The molecule has 0 amide bonds. The molecule has 3 heterocycles. The van der Waals surface area contributed by atoms with Crippen molar-refractivity contribution in [1.82, 2.24) is 19.1 Å². The van der Waals surface area contributed by atoms with E-state index in [-0.39, 0.29) is 17.4 Å². The molecule has 0 bridgehead atoms. The van der Waals surface area contributed by atoms with Gasteiger partial charge in [-0.05, 0) is 19.3 Å². The summed E-state index contributed by atoms with van der Waals surface area (Å²) >= 11 is 0. The molecule has 0 radical (unpaired) electrons. The molecule has 8 heteroatoms. The molecule has 21 heavy (non-hydrogen) atoms. The monoisotopic (exact) mass is 293 g/mol. The Morgan fingerprint density at radius 1 is 1.33 bits per heavy atom. The van der Waals surface area contributed by atoms with Crippen LogP contribution >= 0.6 is 0 Å². The van der Waals surface area contributed by atoms with Gasteiger partial charge in [0.15, 0.2) is 11.2 Å². The Kier molecular flexibility index (Phi) is 3.54. The zero-order valence-corrected chi connectivity index (χ0v) is 12.2. The van der Waals surface area contributed by atoms with Gasteiger partial charge in [-0.25, -0.2) is 4.79 Å². The van der Waals surface area contributed by atoms with Gasteiger partial charge < -0.3 is 15.0 Å². The Labute approximate surface area is 120 Å². The van der Waals surface area contributed by atoms with E-state index in [1.165, 1.54) is 18.0 Å². The maximum absolute atomic E-state index is 12.0. The van der Waals surface area contributed by atoms with Crippen LogP contribution in [0, 0.1) is 0 Å². The van der Waals surface area contributed by atoms with Gasteiger partial charge in [0.2, 0.25) is 5.95 Å². The normalized spacial score (nSPS) is 19.0.